The highest BCUT2D eigenvalue weighted by molar-refractivity contribution is 5.75. The topological polar surface area (TPSA) is 67.3 Å². The van der Waals surface area contributed by atoms with Crippen LogP contribution in [0.3, 0.4) is 0 Å². The molecular weight excluding hydrogens is 304 g/mol. The van der Waals surface area contributed by atoms with Gasteiger partial charge >= 0.3 is 6.09 Å². The first-order valence-electron chi connectivity index (χ1n) is 8.34. The van der Waals surface area contributed by atoms with Crippen LogP contribution in [0.25, 0.3) is 11.0 Å². The smallest absolute Gasteiger partial charge is 0.410 e. The Labute approximate surface area is 142 Å². The predicted molar refractivity (Wildman–Crippen MR) is 93.9 cm³/mol. The lowest BCUT2D eigenvalue weighted by Gasteiger charge is -2.24. The van der Waals surface area contributed by atoms with Crippen molar-refractivity contribution in [3.63, 3.8) is 0 Å². The van der Waals surface area contributed by atoms with Crippen LogP contribution in [0, 0.1) is 5.92 Å². The molecule has 2 aromatic rings. The van der Waals surface area contributed by atoms with Gasteiger partial charge in [-0.2, -0.15) is 0 Å². The van der Waals surface area contributed by atoms with Gasteiger partial charge in [-0.3, -0.25) is 4.98 Å². The van der Waals surface area contributed by atoms with Crippen LogP contribution in [0.1, 0.15) is 27.2 Å². The summed E-state index contributed by atoms with van der Waals surface area (Å²) in [6.45, 7) is 7.88. The van der Waals surface area contributed by atoms with Crippen LogP contribution in [-0.4, -0.2) is 46.2 Å². The molecule has 128 valence electrons. The van der Waals surface area contributed by atoms with Gasteiger partial charge in [0.15, 0.2) is 0 Å². The van der Waals surface area contributed by atoms with E-state index in [1.54, 1.807) is 11.1 Å². The molecule has 0 bridgehead atoms. The number of carbonyl (C=O) groups excluding carboxylic acids is 1. The van der Waals surface area contributed by atoms with Crippen molar-refractivity contribution in [3.05, 3.63) is 30.5 Å². The molecule has 0 aliphatic carbocycles. The number of hydrogen-bond donors (Lipinski definition) is 1. The summed E-state index contributed by atoms with van der Waals surface area (Å²) in [5, 5.41) is 3.33. The molecule has 6 nitrogen and oxygen atoms in total. The number of fused-ring (bicyclic) bond motifs is 1. The van der Waals surface area contributed by atoms with Crippen LogP contribution < -0.4 is 5.32 Å². The van der Waals surface area contributed by atoms with Gasteiger partial charge in [0.2, 0.25) is 0 Å². The molecule has 1 atom stereocenters. The van der Waals surface area contributed by atoms with Gasteiger partial charge in [0, 0.05) is 19.6 Å². The molecule has 1 aliphatic heterocycles. The maximum Gasteiger partial charge on any atom is 0.410 e. The maximum absolute atomic E-state index is 12.1. The average Bonchev–Trinajstić information content (AvgIpc) is 3.00. The number of aromatic nitrogens is 2. The Kier molecular flexibility index (Phi) is 4.55. The third kappa shape index (κ3) is 4.13. The summed E-state index contributed by atoms with van der Waals surface area (Å²) in [6.07, 6.45) is 2.49. The van der Waals surface area contributed by atoms with Crippen molar-refractivity contribution in [2.45, 2.75) is 32.8 Å². The fraction of sp³-hybridized carbons (Fsp3) is 0.500. The van der Waals surface area contributed by atoms with E-state index in [0.717, 1.165) is 36.4 Å². The number of hydrogen-bond acceptors (Lipinski definition) is 5. The number of ether oxygens (including phenoxy) is 1. The second-order valence-corrected chi connectivity index (χ2v) is 7.21. The van der Waals surface area contributed by atoms with Crippen molar-refractivity contribution >= 4 is 22.9 Å². The molecule has 1 aromatic carbocycles. The molecule has 0 radical (unpaired) electrons. The van der Waals surface area contributed by atoms with Gasteiger partial charge in [-0.25, -0.2) is 9.78 Å². The fourth-order valence-electron chi connectivity index (χ4n) is 2.78. The fourth-order valence-corrected chi connectivity index (χ4v) is 2.78. The van der Waals surface area contributed by atoms with Crippen LogP contribution in [0.5, 0.6) is 0 Å². The van der Waals surface area contributed by atoms with Gasteiger partial charge < -0.3 is 15.0 Å². The first kappa shape index (κ1) is 16.5. The average molecular weight is 328 g/mol. The molecule has 1 saturated heterocycles. The number of para-hydroxylation sites is 2. The van der Waals surface area contributed by atoms with Crippen LogP contribution in [0.2, 0.25) is 0 Å². The van der Waals surface area contributed by atoms with Crippen LogP contribution >= 0.6 is 0 Å². The van der Waals surface area contributed by atoms with Crippen molar-refractivity contribution in [1.82, 2.24) is 14.9 Å². The minimum absolute atomic E-state index is 0.226. The normalized spacial score (nSPS) is 18.0. The van der Waals surface area contributed by atoms with E-state index < -0.39 is 5.60 Å². The Morgan fingerprint density at radius 3 is 2.83 bits per heavy atom. The lowest BCUT2D eigenvalue weighted by atomic mass is 10.1. The number of nitrogens with zero attached hydrogens (tertiary/aromatic N) is 3. The first-order valence-corrected chi connectivity index (χ1v) is 8.34. The van der Waals surface area contributed by atoms with Crippen molar-refractivity contribution < 1.29 is 9.53 Å². The Morgan fingerprint density at radius 1 is 1.33 bits per heavy atom. The number of carbonyl (C=O) groups is 1. The van der Waals surface area contributed by atoms with E-state index >= 15 is 0 Å². The predicted octanol–water partition coefficient (Wildman–Crippen LogP) is 3.30. The molecule has 1 aromatic heterocycles. The lowest BCUT2D eigenvalue weighted by Crippen LogP contribution is -2.35. The van der Waals surface area contributed by atoms with E-state index in [9.17, 15) is 4.79 Å². The Balaban J connectivity index is 1.53. The Bertz CT molecular complexity index is 726. The lowest BCUT2D eigenvalue weighted by molar-refractivity contribution is 0.0289. The van der Waals surface area contributed by atoms with Gasteiger partial charge in [0.05, 0.1) is 17.2 Å². The monoisotopic (exact) mass is 328 g/mol. The molecule has 0 saturated carbocycles. The summed E-state index contributed by atoms with van der Waals surface area (Å²) < 4.78 is 5.43. The molecule has 0 spiro atoms. The van der Waals surface area contributed by atoms with E-state index in [1.165, 1.54) is 0 Å². The first-order chi connectivity index (χ1) is 11.4. The number of amides is 1. The van der Waals surface area contributed by atoms with Gasteiger partial charge in [-0.1, -0.05) is 12.1 Å². The van der Waals surface area contributed by atoms with Crippen molar-refractivity contribution in [3.8, 4) is 0 Å². The molecule has 3 rings (SSSR count). The zero-order valence-corrected chi connectivity index (χ0v) is 14.5. The molecule has 2 heterocycles. The van der Waals surface area contributed by atoms with Gasteiger partial charge in [-0.15, -0.1) is 0 Å². The molecular formula is C18H24N4O2. The highest BCUT2D eigenvalue weighted by Crippen LogP contribution is 2.20. The second kappa shape index (κ2) is 6.63. The minimum Gasteiger partial charge on any atom is -0.444 e. The van der Waals surface area contributed by atoms with Crippen LogP contribution in [0.15, 0.2) is 30.5 Å². The van der Waals surface area contributed by atoms with Crippen LogP contribution in [-0.2, 0) is 4.74 Å². The zero-order chi connectivity index (χ0) is 17.2. The molecule has 1 fully saturated rings. The van der Waals surface area contributed by atoms with E-state index in [-0.39, 0.29) is 6.09 Å². The summed E-state index contributed by atoms with van der Waals surface area (Å²) in [4.78, 5) is 22.8. The largest absolute Gasteiger partial charge is 0.444 e. The summed E-state index contributed by atoms with van der Waals surface area (Å²) in [5.74, 6) is 1.16. The zero-order valence-electron chi connectivity index (χ0n) is 14.5. The van der Waals surface area contributed by atoms with E-state index in [1.807, 2.05) is 45.0 Å². The summed E-state index contributed by atoms with van der Waals surface area (Å²) in [5.41, 5.74) is 1.32. The van der Waals surface area contributed by atoms with Crippen molar-refractivity contribution in [2.75, 3.05) is 25.0 Å². The number of rotatable bonds is 3. The van der Waals surface area contributed by atoms with Crippen LogP contribution in [0.4, 0.5) is 10.6 Å². The summed E-state index contributed by atoms with van der Waals surface area (Å²) in [6, 6.07) is 7.81. The number of anilines is 1. The Hall–Kier alpha value is -2.37. The highest BCUT2D eigenvalue weighted by atomic mass is 16.6. The SMILES string of the molecule is CC(C)(C)OC(=O)N1CC[C@@H](CNc2cnc3ccccc3n2)C1. The highest BCUT2D eigenvalue weighted by Gasteiger charge is 2.29. The molecule has 24 heavy (non-hydrogen) atoms. The van der Waals surface area contributed by atoms with Crippen molar-refractivity contribution in [1.29, 1.82) is 0 Å². The maximum atomic E-state index is 12.1. The van der Waals surface area contributed by atoms with E-state index in [2.05, 4.69) is 15.3 Å². The molecule has 6 heteroatoms. The second-order valence-electron chi connectivity index (χ2n) is 7.21. The standard InChI is InChI=1S/C18H24N4O2/c1-18(2,3)24-17(23)22-9-8-13(12-22)10-20-16-11-19-14-6-4-5-7-15(14)21-16/h4-7,11,13H,8-10,12H2,1-3H3,(H,20,21)/t13-/m0/s1. The summed E-state index contributed by atoms with van der Waals surface area (Å²) >= 11 is 0. The number of likely N-dealkylation sites (tertiary alicyclic amines) is 1. The molecule has 1 amide bonds. The van der Waals surface area contributed by atoms with Gasteiger partial charge in [0.25, 0.3) is 0 Å². The third-order valence-corrected chi connectivity index (χ3v) is 3.96. The number of nitrogens with one attached hydrogen (secondary N) is 1. The Morgan fingerprint density at radius 2 is 2.08 bits per heavy atom. The van der Waals surface area contributed by atoms with Crippen molar-refractivity contribution in [2.24, 2.45) is 5.92 Å². The summed E-state index contributed by atoms with van der Waals surface area (Å²) in [7, 11) is 0. The molecule has 0 unspecified atom stereocenters. The quantitative estimate of drug-likeness (QED) is 0.936. The van der Waals surface area contributed by atoms with E-state index in [0.29, 0.717) is 12.5 Å². The van der Waals surface area contributed by atoms with Gasteiger partial charge in [-0.05, 0) is 45.2 Å². The molecule has 1 N–H and O–H groups in total. The minimum atomic E-state index is -0.450. The third-order valence-electron chi connectivity index (χ3n) is 3.96. The van der Waals surface area contributed by atoms with E-state index in [4.69, 9.17) is 4.74 Å². The number of benzene rings is 1. The van der Waals surface area contributed by atoms with Gasteiger partial charge in [0.1, 0.15) is 11.4 Å². The molecule has 1 aliphatic rings.